The van der Waals surface area contributed by atoms with Gasteiger partial charge in [0.2, 0.25) is 0 Å². The number of hydrogen-bond donors (Lipinski definition) is 1. The van der Waals surface area contributed by atoms with Gasteiger partial charge in [0.1, 0.15) is 5.76 Å². The van der Waals surface area contributed by atoms with Crippen molar-refractivity contribution in [3.8, 4) is 0 Å². The molecule has 0 spiro atoms. The molecule has 1 aliphatic carbocycles. The number of furan rings is 1. The average Bonchev–Trinajstić information content (AvgIpc) is 2.61. The molecule has 2 N–H and O–H groups in total. The SMILES string of the molecule is C/C=C/C=c1/c2c(o/c1=C/N)C=CC(C)(C)C=C2. The highest BCUT2D eigenvalue weighted by atomic mass is 16.3. The zero-order chi connectivity index (χ0) is 13.2. The molecule has 0 saturated heterocycles. The van der Waals surface area contributed by atoms with Crippen molar-refractivity contribution in [1.29, 1.82) is 0 Å². The molecule has 1 heterocycles. The summed E-state index contributed by atoms with van der Waals surface area (Å²) < 4.78 is 5.77. The third-order valence-electron chi connectivity index (χ3n) is 2.99. The van der Waals surface area contributed by atoms with Crippen molar-refractivity contribution in [2.45, 2.75) is 20.8 Å². The zero-order valence-electron chi connectivity index (χ0n) is 11.1. The molecule has 0 unspecified atom stereocenters. The third kappa shape index (κ3) is 2.33. The number of nitrogens with two attached hydrogens (primary N) is 1. The van der Waals surface area contributed by atoms with E-state index in [2.05, 4.69) is 32.1 Å². The predicted molar refractivity (Wildman–Crippen MR) is 77.7 cm³/mol. The summed E-state index contributed by atoms with van der Waals surface area (Å²) in [5.74, 6) is 0.865. The van der Waals surface area contributed by atoms with Gasteiger partial charge in [-0.2, -0.15) is 0 Å². The summed E-state index contributed by atoms with van der Waals surface area (Å²) in [6, 6.07) is 0. The quantitative estimate of drug-likeness (QED) is 0.820. The van der Waals surface area contributed by atoms with Crippen LogP contribution in [0.1, 0.15) is 32.1 Å². The molecule has 0 aromatic carbocycles. The van der Waals surface area contributed by atoms with Crippen LogP contribution in [-0.4, -0.2) is 0 Å². The summed E-state index contributed by atoms with van der Waals surface area (Å²) in [6.07, 6.45) is 16.0. The molecule has 0 radical (unpaired) electrons. The largest absolute Gasteiger partial charge is 0.455 e. The van der Waals surface area contributed by atoms with E-state index < -0.39 is 0 Å². The number of allylic oxidation sites excluding steroid dienone is 4. The molecule has 0 amide bonds. The molecule has 2 rings (SSSR count). The molecule has 1 aromatic rings. The van der Waals surface area contributed by atoms with Crippen molar-refractivity contribution in [2.75, 3.05) is 0 Å². The molecular formula is C16H19NO. The molecule has 2 nitrogen and oxygen atoms in total. The normalized spacial score (nSPS) is 19.5. The first-order valence-corrected chi connectivity index (χ1v) is 6.13. The lowest BCUT2D eigenvalue weighted by molar-refractivity contribution is 0.519. The molecule has 0 atom stereocenters. The van der Waals surface area contributed by atoms with Gasteiger partial charge in [0.25, 0.3) is 0 Å². The van der Waals surface area contributed by atoms with E-state index in [1.807, 2.05) is 31.2 Å². The molecule has 0 aliphatic heterocycles. The Labute approximate surface area is 107 Å². The van der Waals surface area contributed by atoms with Crippen LogP contribution in [0.4, 0.5) is 0 Å². The van der Waals surface area contributed by atoms with E-state index >= 15 is 0 Å². The number of hydrogen-bond acceptors (Lipinski definition) is 2. The van der Waals surface area contributed by atoms with Crippen LogP contribution in [-0.2, 0) is 0 Å². The smallest absolute Gasteiger partial charge is 0.150 e. The van der Waals surface area contributed by atoms with Crippen molar-refractivity contribution in [1.82, 2.24) is 0 Å². The second kappa shape index (κ2) is 4.73. The second-order valence-electron chi connectivity index (χ2n) is 5.01. The Morgan fingerprint density at radius 1 is 1.22 bits per heavy atom. The Hall–Kier alpha value is -1.96. The molecular weight excluding hydrogens is 222 g/mol. The second-order valence-corrected chi connectivity index (χ2v) is 5.01. The first kappa shape index (κ1) is 12.5. The Balaban J connectivity index is 2.73. The van der Waals surface area contributed by atoms with E-state index in [0.29, 0.717) is 5.42 Å². The van der Waals surface area contributed by atoms with Gasteiger partial charge in [0.05, 0.1) is 0 Å². The fraction of sp³-hybridized carbons (Fsp3) is 0.250. The molecule has 2 heteroatoms. The van der Waals surface area contributed by atoms with Crippen LogP contribution in [0.5, 0.6) is 0 Å². The number of rotatable bonds is 1. The summed E-state index contributed by atoms with van der Waals surface area (Å²) in [5.41, 5.74) is 7.47. The highest BCUT2D eigenvalue weighted by Crippen LogP contribution is 2.25. The molecule has 94 valence electrons. The van der Waals surface area contributed by atoms with E-state index in [4.69, 9.17) is 10.2 Å². The lowest BCUT2D eigenvalue weighted by Crippen LogP contribution is -2.23. The Morgan fingerprint density at radius 3 is 2.61 bits per heavy atom. The predicted octanol–water partition coefficient (Wildman–Crippen LogP) is 2.40. The maximum Gasteiger partial charge on any atom is 0.150 e. The Bertz CT molecular complexity index is 639. The van der Waals surface area contributed by atoms with Gasteiger partial charge in [-0.25, -0.2) is 0 Å². The third-order valence-corrected chi connectivity index (χ3v) is 2.99. The molecule has 1 aromatic heterocycles. The lowest BCUT2D eigenvalue weighted by atomic mass is 9.93. The van der Waals surface area contributed by atoms with Crippen LogP contribution >= 0.6 is 0 Å². The van der Waals surface area contributed by atoms with Crippen LogP contribution in [0.2, 0.25) is 0 Å². The van der Waals surface area contributed by atoms with Gasteiger partial charge in [-0.3, -0.25) is 0 Å². The number of fused-ring (bicyclic) bond motifs is 1. The highest BCUT2D eigenvalue weighted by Gasteiger charge is 2.15. The minimum absolute atomic E-state index is 0.0476. The maximum atomic E-state index is 5.77. The van der Waals surface area contributed by atoms with Crippen LogP contribution < -0.4 is 16.4 Å². The highest BCUT2D eigenvalue weighted by molar-refractivity contribution is 5.67. The monoisotopic (exact) mass is 241 g/mol. The van der Waals surface area contributed by atoms with Crippen molar-refractivity contribution < 1.29 is 4.42 Å². The fourth-order valence-corrected chi connectivity index (χ4v) is 1.92. The van der Waals surface area contributed by atoms with Crippen LogP contribution in [0.25, 0.3) is 24.4 Å². The van der Waals surface area contributed by atoms with E-state index in [0.717, 1.165) is 16.5 Å². The Kier molecular flexibility index (Phi) is 3.28. The molecule has 1 aliphatic rings. The van der Waals surface area contributed by atoms with Crippen LogP contribution in [0.15, 0.2) is 28.7 Å². The van der Waals surface area contributed by atoms with Crippen molar-refractivity contribution >= 4 is 24.4 Å². The molecule has 0 saturated carbocycles. The molecule has 18 heavy (non-hydrogen) atoms. The first-order chi connectivity index (χ1) is 8.57. The van der Waals surface area contributed by atoms with E-state index in [-0.39, 0.29) is 5.41 Å². The molecule has 0 bridgehead atoms. The van der Waals surface area contributed by atoms with Gasteiger partial charge in [0.15, 0.2) is 5.42 Å². The van der Waals surface area contributed by atoms with Gasteiger partial charge in [-0.1, -0.05) is 50.3 Å². The standard InChI is InChI=1S/C16H19NO/c1-4-5-6-12-13-7-9-16(2,3)10-8-14(13)18-15(12)11-17/h4-11H,17H2,1-3H3/b5-4+,12-6-,15-11+. The minimum Gasteiger partial charge on any atom is -0.455 e. The maximum absolute atomic E-state index is 5.77. The van der Waals surface area contributed by atoms with Gasteiger partial charge in [0, 0.05) is 22.4 Å². The average molecular weight is 241 g/mol. The van der Waals surface area contributed by atoms with Crippen LogP contribution in [0, 0.1) is 5.41 Å². The summed E-state index contributed by atoms with van der Waals surface area (Å²) >= 11 is 0. The fourth-order valence-electron chi connectivity index (χ4n) is 1.92. The zero-order valence-corrected chi connectivity index (χ0v) is 11.1. The lowest BCUT2D eigenvalue weighted by Gasteiger charge is -2.11. The van der Waals surface area contributed by atoms with E-state index in [1.165, 1.54) is 6.20 Å². The molecule has 0 fully saturated rings. The first-order valence-electron chi connectivity index (χ1n) is 6.13. The van der Waals surface area contributed by atoms with Crippen molar-refractivity contribution in [2.24, 2.45) is 11.1 Å². The van der Waals surface area contributed by atoms with Crippen molar-refractivity contribution in [3.63, 3.8) is 0 Å². The summed E-state index contributed by atoms with van der Waals surface area (Å²) in [7, 11) is 0. The van der Waals surface area contributed by atoms with E-state index in [9.17, 15) is 0 Å². The van der Waals surface area contributed by atoms with Gasteiger partial charge < -0.3 is 10.2 Å². The van der Waals surface area contributed by atoms with Gasteiger partial charge in [-0.15, -0.1) is 0 Å². The summed E-state index contributed by atoms with van der Waals surface area (Å²) in [6.45, 7) is 6.31. The van der Waals surface area contributed by atoms with Crippen LogP contribution in [0.3, 0.4) is 0 Å². The van der Waals surface area contributed by atoms with Crippen molar-refractivity contribution in [3.05, 3.63) is 46.3 Å². The van der Waals surface area contributed by atoms with E-state index in [1.54, 1.807) is 0 Å². The topological polar surface area (TPSA) is 39.2 Å². The van der Waals surface area contributed by atoms with Gasteiger partial charge >= 0.3 is 0 Å². The minimum atomic E-state index is 0.0476. The van der Waals surface area contributed by atoms with Gasteiger partial charge in [-0.05, 0) is 13.0 Å². The summed E-state index contributed by atoms with van der Waals surface area (Å²) in [4.78, 5) is 0. The Morgan fingerprint density at radius 2 is 1.94 bits per heavy atom. The summed E-state index contributed by atoms with van der Waals surface area (Å²) in [5, 5.41) is 1.03.